The summed E-state index contributed by atoms with van der Waals surface area (Å²) >= 11 is 0. The zero-order valence-electron chi connectivity index (χ0n) is 9.41. The van der Waals surface area contributed by atoms with Crippen LogP contribution in [0.2, 0.25) is 0 Å². The van der Waals surface area contributed by atoms with Crippen molar-refractivity contribution >= 4 is 7.82 Å². The molecule has 0 aromatic heterocycles. The zero-order chi connectivity index (χ0) is 12.6. The number of phosphoric ester groups is 1. The molecule has 0 saturated heterocycles. The normalized spacial score (nSPS) is 12.6. The first-order valence-corrected chi connectivity index (χ1v) is 6.29. The van der Waals surface area contributed by atoms with Crippen molar-refractivity contribution in [3.63, 3.8) is 0 Å². The second kappa shape index (κ2) is 7.54. The van der Waals surface area contributed by atoms with Crippen LogP contribution in [-0.4, -0.2) is 22.9 Å². The summed E-state index contributed by atoms with van der Waals surface area (Å²) in [7, 11) is -3.20. The molecule has 4 N–H and O–H groups in total. The largest absolute Gasteiger partial charge is 0.469 e. The SMILES string of the molecule is CC(N)Cc1ccccc1.COP(=O)(O)O. The van der Waals surface area contributed by atoms with E-state index in [1.165, 1.54) is 5.56 Å². The Labute approximate surface area is 95.5 Å². The van der Waals surface area contributed by atoms with Gasteiger partial charge in [-0.15, -0.1) is 0 Å². The fourth-order valence-electron chi connectivity index (χ4n) is 0.986. The van der Waals surface area contributed by atoms with Crippen LogP contribution in [0.3, 0.4) is 0 Å². The quantitative estimate of drug-likeness (QED) is 0.700. The molecule has 6 heteroatoms. The Hall–Kier alpha value is -0.710. The average Bonchev–Trinajstić information content (AvgIpc) is 2.18. The van der Waals surface area contributed by atoms with E-state index in [4.69, 9.17) is 15.5 Å². The van der Waals surface area contributed by atoms with Crippen molar-refractivity contribution in [3.05, 3.63) is 35.9 Å². The molecule has 0 aliphatic carbocycles. The van der Waals surface area contributed by atoms with Crippen LogP contribution >= 0.6 is 7.82 Å². The maximum atomic E-state index is 9.47. The highest BCUT2D eigenvalue weighted by atomic mass is 31.2. The Bertz CT molecular complexity index is 323. The number of hydrogen-bond donors (Lipinski definition) is 3. The summed E-state index contributed by atoms with van der Waals surface area (Å²) in [5.74, 6) is 0. The Balaban J connectivity index is 0.000000325. The van der Waals surface area contributed by atoms with E-state index in [1.54, 1.807) is 0 Å². The first-order chi connectivity index (χ1) is 7.35. The van der Waals surface area contributed by atoms with Crippen molar-refractivity contribution in [2.24, 2.45) is 5.73 Å². The van der Waals surface area contributed by atoms with Crippen LogP contribution < -0.4 is 5.73 Å². The first-order valence-electron chi connectivity index (χ1n) is 4.76. The molecule has 1 aromatic carbocycles. The van der Waals surface area contributed by atoms with Gasteiger partial charge in [-0.25, -0.2) is 4.57 Å². The Morgan fingerprint density at radius 1 is 1.38 bits per heavy atom. The molecule has 0 spiro atoms. The van der Waals surface area contributed by atoms with Crippen LogP contribution in [0, 0.1) is 0 Å². The van der Waals surface area contributed by atoms with E-state index in [0.717, 1.165) is 13.5 Å². The molecule has 92 valence electrons. The van der Waals surface area contributed by atoms with Gasteiger partial charge in [-0.3, -0.25) is 4.52 Å². The summed E-state index contributed by atoms with van der Waals surface area (Å²) in [6, 6.07) is 10.6. The van der Waals surface area contributed by atoms with Crippen molar-refractivity contribution in [3.8, 4) is 0 Å². The molecule has 0 bridgehead atoms. The lowest BCUT2D eigenvalue weighted by Gasteiger charge is -2.02. The van der Waals surface area contributed by atoms with Gasteiger partial charge in [0, 0.05) is 13.2 Å². The predicted molar refractivity (Wildman–Crippen MR) is 62.8 cm³/mol. The summed E-state index contributed by atoms with van der Waals surface area (Å²) in [5, 5.41) is 0. The van der Waals surface area contributed by atoms with E-state index in [9.17, 15) is 4.57 Å². The van der Waals surface area contributed by atoms with Crippen LogP contribution in [0.5, 0.6) is 0 Å². The summed E-state index contributed by atoms with van der Waals surface area (Å²) in [6.07, 6.45) is 0.973. The highest BCUT2D eigenvalue weighted by Crippen LogP contribution is 2.33. The van der Waals surface area contributed by atoms with Gasteiger partial charge in [-0.05, 0) is 18.9 Å². The minimum Gasteiger partial charge on any atom is -0.328 e. The summed E-state index contributed by atoms with van der Waals surface area (Å²) < 4.78 is 13.1. The van der Waals surface area contributed by atoms with E-state index in [-0.39, 0.29) is 6.04 Å². The molecule has 0 fully saturated rings. The maximum absolute atomic E-state index is 9.47. The minimum absolute atomic E-state index is 0.266. The van der Waals surface area contributed by atoms with E-state index in [0.29, 0.717) is 0 Å². The standard InChI is InChI=1S/C9H13N.CH5O4P/c1-8(10)7-9-5-3-2-4-6-9;1-5-6(2,3)4/h2-6,8H,7,10H2,1H3;1H3,(H2,2,3,4). The van der Waals surface area contributed by atoms with E-state index >= 15 is 0 Å². The Morgan fingerprint density at radius 2 is 1.81 bits per heavy atom. The smallest absolute Gasteiger partial charge is 0.328 e. The molecular weight excluding hydrogens is 229 g/mol. The molecule has 0 heterocycles. The van der Waals surface area contributed by atoms with Gasteiger partial charge >= 0.3 is 7.82 Å². The maximum Gasteiger partial charge on any atom is 0.469 e. The highest BCUT2D eigenvalue weighted by Gasteiger charge is 2.07. The van der Waals surface area contributed by atoms with Crippen molar-refractivity contribution < 1.29 is 18.9 Å². The average molecular weight is 247 g/mol. The molecule has 0 amide bonds. The summed E-state index contributed by atoms with van der Waals surface area (Å²) in [6.45, 7) is 2.02. The van der Waals surface area contributed by atoms with E-state index in [2.05, 4.69) is 16.7 Å². The number of benzene rings is 1. The first kappa shape index (κ1) is 15.3. The molecule has 0 radical (unpaired) electrons. The van der Waals surface area contributed by atoms with Gasteiger partial charge in [-0.2, -0.15) is 0 Å². The Kier molecular flexibility index (Phi) is 7.21. The molecular formula is C10H18NO4P. The number of phosphoric acid groups is 1. The molecule has 0 saturated carbocycles. The van der Waals surface area contributed by atoms with Crippen molar-refractivity contribution in [1.82, 2.24) is 0 Å². The third-order valence-electron chi connectivity index (χ3n) is 1.64. The van der Waals surface area contributed by atoms with Crippen LogP contribution in [0.15, 0.2) is 30.3 Å². The van der Waals surface area contributed by atoms with Gasteiger partial charge in [-0.1, -0.05) is 30.3 Å². The third kappa shape index (κ3) is 9.83. The third-order valence-corrected chi connectivity index (χ3v) is 2.11. The molecule has 1 rings (SSSR count). The zero-order valence-corrected chi connectivity index (χ0v) is 10.3. The highest BCUT2D eigenvalue weighted by molar-refractivity contribution is 7.46. The van der Waals surface area contributed by atoms with Crippen LogP contribution in [0.4, 0.5) is 0 Å². The Morgan fingerprint density at radius 3 is 2.12 bits per heavy atom. The topological polar surface area (TPSA) is 92.8 Å². The number of nitrogens with two attached hydrogens (primary N) is 1. The van der Waals surface area contributed by atoms with Gasteiger partial charge in [0.05, 0.1) is 0 Å². The second-order valence-corrected chi connectivity index (χ2v) is 4.69. The molecule has 1 aromatic rings. The lowest BCUT2D eigenvalue weighted by molar-refractivity contribution is 0.235. The monoisotopic (exact) mass is 247 g/mol. The van der Waals surface area contributed by atoms with E-state index in [1.807, 2.05) is 25.1 Å². The van der Waals surface area contributed by atoms with E-state index < -0.39 is 7.82 Å². The van der Waals surface area contributed by atoms with Crippen molar-refractivity contribution in [2.75, 3.05) is 7.11 Å². The lowest BCUT2D eigenvalue weighted by atomic mass is 10.1. The molecule has 16 heavy (non-hydrogen) atoms. The second-order valence-electron chi connectivity index (χ2n) is 3.34. The summed E-state index contributed by atoms with van der Waals surface area (Å²) in [5.41, 5.74) is 6.94. The van der Waals surface area contributed by atoms with Crippen molar-refractivity contribution in [2.45, 2.75) is 19.4 Å². The fraction of sp³-hybridized carbons (Fsp3) is 0.400. The molecule has 0 aliphatic rings. The van der Waals surface area contributed by atoms with Gasteiger partial charge in [0.2, 0.25) is 0 Å². The van der Waals surface area contributed by atoms with Gasteiger partial charge in [0.1, 0.15) is 0 Å². The fourth-order valence-corrected chi connectivity index (χ4v) is 0.986. The number of hydrogen-bond acceptors (Lipinski definition) is 3. The molecule has 1 atom stereocenters. The van der Waals surface area contributed by atoms with Gasteiger partial charge in [0.15, 0.2) is 0 Å². The predicted octanol–water partition coefficient (Wildman–Crippen LogP) is 1.30. The van der Waals surface area contributed by atoms with Crippen LogP contribution in [0.25, 0.3) is 0 Å². The van der Waals surface area contributed by atoms with Crippen molar-refractivity contribution in [1.29, 1.82) is 0 Å². The number of rotatable bonds is 3. The van der Waals surface area contributed by atoms with Gasteiger partial charge < -0.3 is 15.5 Å². The summed E-state index contributed by atoms with van der Waals surface area (Å²) in [4.78, 5) is 15.4. The minimum atomic E-state index is -4.15. The molecule has 5 nitrogen and oxygen atoms in total. The van der Waals surface area contributed by atoms with Crippen LogP contribution in [-0.2, 0) is 15.5 Å². The molecule has 0 aliphatic heterocycles. The van der Waals surface area contributed by atoms with Gasteiger partial charge in [0.25, 0.3) is 0 Å². The van der Waals surface area contributed by atoms with Crippen LogP contribution in [0.1, 0.15) is 12.5 Å². The molecule has 1 unspecified atom stereocenters. The lowest BCUT2D eigenvalue weighted by Crippen LogP contribution is -2.17.